The SMILES string of the molecule is CCCCCOc1ccc(C2C(C(=O)c3cc4cccc(OC)c4o3)=C(O)C(=O)N2c2nc3ccc(OC)cc3s2)cc1OC. The number of furan rings is 1. The molecule has 1 amide bonds. The molecule has 0 spiro atoms. The third-order valence-corrected chi connectivity index (χ3v) is 8.72. The van der Waals surface area contributed by atoms with Crippen LogP contribution in [0.25, 0.3) is 21.2 Å². The van der Waals surface area contributed by atoms with Gasteiger partial charge in [-0.05, 0) is 54.4 Å². The summed E-state index contributed by atoms with van der Waals surface area (Å²) in [6, 6.07) is 16.4. The van der Waals surface area contributed by atoms with Gasteiger partial charge in [-0.2, -0.15) is 0 Å². The molecule has 45 heavy (non-hydrogen) atoms. The van der Waals surface area contributed by atoms with E-state index in [-0.39, 0.29) is 11.3 Å². The molecule has 0 radical (unpaired) electrons. The number of rotatable bonds is 12. The molecular weight excluding hydrogens is 596 g/mol. The predicted octanol–water partition coefficient (Wildman–Crippen LogP) is 7.42. The average molecular weight is 629 g/mol. The van der Waals surface area contributed by atoms with Crippen LogP contribution in [0.1, 0.15) is 48.3 Å². The van der Waals surface area contributed by atoms with Crippen LogP contribution < -0.4 is 23.8 Å². The Bertz CT molecular complexity index is 1940. The van der Waals surface area contributed by atoms with Crippen LogP contribution in [-0.4, -0.2) is 49.7 Å². The van der Waals surface area contributed by atoms with E-state index in [0.717, 1.165) is 24.0 Å². The molecular formula is C34H32N2O8S. The first-order valence-electron chi connectivity index (χ1n) is 14.5. The third-order valence-electron chi connectivity index (χ3n) is 7.70. The van der Waals surface area contributed by atoms with Gasteiger partial charge < -0.3 is 28.5 Å². The third kappa shape index (κ3) is 5.44. The number of hydrogen-bond acceptors (Lipinski definition) is 10. The number of aliphatic hydroxyl groups is 1. The van der Waals surface area contributed by atoms with Crippen molar-refractivity contribution in [2.75, 3.05) is 32.8 Å². The van der Waals surface area contributed by atoms with E-state index >= 15 is 0 Å². The Morgan fingerprint density at radius 2 is 1.80 bits per heavy atom. The summed E-state index contributed by atoms with van der Waals surface area (Å²) >= 11 is 1.24. The molecule has 11 heteroatoms. The normalized spacial score (nSPS) is 14.9. The Kier molecular flexibility index (Phi) is 8.36. The van der Waals surface area contributed by atoms with Gasteiger partial charge in [-0.3, -0.25) is 14.5 Å². The lowest BCUT2D eigenvalue weighted by molar-refractivity contribution is -0.117. The van der Waals surface area contributed by atoms with Gasteiger partial charge in [0.05, 0.1) is 49.8 Å². The van der Waals surface area contributed by atoms with Crippen LogP contribution in [0, 0.1) is 0 Å². The Morgan fingerprint density at radius 1 is 0.978 bits per heavy atom. The minimum atomic E-state index is -1.05. The first-order valence-corrected chi connectivity index (χ1v) is 15.3. The maximum atomic E-state index is 14.2. The number of hydrogen-bond donors (Lipinski definition) is 1. The molecule has 0 saturated carbocycles. The van der Waals surface area contributed by atoms with Gasteiger partial charge in [0.25, 0.3) is 5.91 Å². The summed E-state index contributed by atoms with van der Waals surface area (Å²) in [7, 11) is 4.60. The number of ether oxygens (including phenoxy) is 4. The molecule has 0 saturated heterocycles. The number of benzene rings is 3. The molecule has 0 aliphatic carbocycles. The number of carbonyl (C=O) groups excluding carboxylic acids is 2. The van der Waals surface area contributed by atoms with Gasteiger partial charge in [-0.25, -0.2) is 4.98 Å². The van der Waals surface area contributed by atoms with Gasteiger partial charge in [0, 0.05) is 5.39 Å². The van der Waals surface area contributed by atoms with Crippen molar-refractivity contribution in [3.8, 4) is 23.0 Å². The molecule has 1 aliphatic heterocycles. The van der Waals surface area contributed by atoms with Gasteiger partial charge in [0.2, 0.25) is 5.78 Å². The number of unbranched alkanes of at least 4 members (excludes halogenated alkanes) is 2. The highest BCUT2D eigenvalue weighted by atomic mass is 32.1. The average Bonchev–Trinajstić information content (AvgIpc) is 3.76. The van der Waals surface area contributed by atoms with Crippen LogP contribution in [0.15, 0.2) is 76.4 Å². The zero-order valence-electron chi connectivity index (χ0n) is 25.3. The Hall–Kier alpha value is -5.03. The van der Waals surface area contributed by atoms with E-state index in [0.29, 0.717) is 56.8 Å². The van der Waals surface area contributed by atoms with Crippen molar-refractivity contribution in [1.82, 2.24) is 4.98 Å². The molecule has 3 heterocycles. The molecule has 3 aromatic carbocycles. The number of Topliss-reactive ketones (excluding diaryl/α,β-unsaturated/α-hetero) is 1. The molecule has 2 aromatic heterocycles. The minimum absolute atomic E-state index is 0.0485. The quantitative estimate of drug-likeness (QED) is 0.111. The predicted molar refractivity (Wildman–Crippen MR) is 171 cm³/mol. The van der Waals surface area contributed by atoms with Crippen LogP contribution in [0.4, 0.5) is 5.13 Å². The molecule has 232 valence electrons. The van der Waals surface area contributed by atoms with E-state index in [9.17, 15) is 14.7 Å². The lowest BCUT2D eigenvalue weighted by Gasteiger charge is -2.25. The molecule has 1 N–H and O–H groups in total. The van der Waals surface area contributed by atoms with Crippen molar-refractivity contribution in [2.24, 2.45) is 0 Å². The number of methoxy groups -OCH3 is 3. The summed E-state index contributed by atoms with van der Waals surface area (Å²) in [5, 5.41) is 12.3. The van der Waals surface area contributed by atoms with Gasteiger partial charge in [-0.15, -0.1) is 0 Å². The van der Waals surface area contributed by atoms with Gasteiger partial charge in [-0.1, -0.05) is 49.3 Å². The van der Waals surface area contributed by atoms with Gasteiger partial charge in [0.1, 0.15) is 5.75 Å². The second-order valence-electron chi connectivity index (χ2n) is 10.5. The number of nitrogens with zero attached hydrogens (tertiary/aromatic N) is 2. The zero-order chi connectivity index (χ0) is 31.7. The molecule has 1 unspecified atom stereocenters. The van der Waals surface area contributed by atoms with Crippen LogP contribution in [0.2, 0.25) is 0 Å². The number of aliphatic hydroxyl groups excluding tert-OH is 1. The minimum Gasteiger partial charge on any atom is -0.503 e. The largest absolute Gasteiger partial charge is 0.503 e. The van der Waals surface area contributed by atoms with Crippen molar-refractivity contribution in [3.63, 3.8) is 0 Å². The number of aromatic nitrogens is 1. The highest BCUT2D eigenvalue weighted by Gasteiger charge is 2.47. The van der Waals surface area contributed by atoms with Crippen molar-refractivity contribution < 1.29 is 38.1 Å². The summed E-state index contributed by atoms with van der Waals surface area (Å²) in [6.45, 7) is 2.64. The Morgan fingerprint density at radius 3 is 2.56 bits per heavy atom. The molecule has 5 aromatic rings. The van der Waals surface area contributed by atoms with E-state index in [2.05, 4.69) is 6.92 Å². The number of amides is 1. The molecule has 0 fully saturated rings. The number of thiazole rings is 1. The lowest BCUT2D eigenvalue weighted by atomic mass is 9.95. The number of ketones is 1. The van der Waals surface area contributed by atoms with E-state index in [4.69, 9.17) is 28.3 Å². The molecule has 1 atom stereocenters. The number of fused-ring (bicyclic) bond motifs is 2. The standard InChI is InChI=1S/C34H32N2O8S/c1-5-6-7-15-43-23-14-11-19(16-25(23)42-4)29-28(30(37)26-17-20-9-8-10-24(41-3)32(20)44-26)31(38)33(39)36(29)34-35-22-13-12-21(40-2)18-27(22)45-34/h8-14,16-18,29,38H,5-7,15H2,1-4H3. The molecule has 0 bridgehead atoms. The second-order valence-corrected chi connectivity index (χ2v) is 11.5. The maximum Gasteiger partial charge on any atom is 0.296 e. The van der Waals surface area contributed by atoms with Crippen LogP contribution in [0.5, 0.6) is 23.0 Å². The molecule has 1 aliphatic rings. The van der Waals surface area contributed by atoms with E-state index in [1.54, 1.807) is 61.7 Å². The second kappa shape index (κ2) is 12.5. The summed E-state index contributed by atoms with van der Waals surface area (Å²) < 4.78 is 29.1. The summed E-state index contributed by atoms with van der Waals surface area (Å²) in [5.41, 5.74) is 1.39. The highest BCUT2D eigenvalue weighted by molar-refractivity contribution is 7.22. The van der Waals surface area contributed by atoms with Gasteiger partial charge in [0.15, 0.2) is 39.5 Å². The number of carbonyl (C=O) groups is 2. The van der Waals surface area contributed by atoms with E-state index in [1.165, 1.54) is 30.5 Å². The van der Waals surface area contributed by atoms with Crippen molar-refractivity contribution >= 4 is 49.3 Å². The van der Waals surface area contributed by atoms with Crippen LogP contribution >= 0.6 is 11.3 Å². The lowest BCUT2D eigenvalue weighted by Crippen LogP contribution is -2.31. The van der Waals surface area contributed by atoms with E-state index < -0.39 is 23.5 Å². The first-order chi connectivity index (χ1) is 21.9. The van der Waals surface area contributed by atoms with Crippen molar-refractivity contribution in [1.29, 1.82) is 0 Å². The fraction of sp³-hybridized carbons (Fsp3) is 0.265. The van der Waals surface area contributed by atoms with Gasteiger partial charge >= 0.3 is 0 Å². The summed E-state index contributed by atoms with van der Waals surface area (Å²) in [6.07, 6.45) is 3.00. The summed E-state index contributed by atoms with van der Waals surface area (Å²) in [4.78, 5) is 34.1. The summed E-state index contributed by atoms with van der Waals surface area (Å²) in [5.74, 6) is -0.0910. The highest BCUT2D eigenvalue weighted by Crippen LogP contribution is 2.46. The fourth-order valence-corrected chi connectivity index (χ4v) is 6.44. The zero-order valence-corrected chi connectivity index (χ0v) is 26.1. The molecule has 10 nitrogen and oxygen atoms in total. The smallest absolute Gasteiger partial charge is 0.296 e. The fourth-order valence-electron chi connectivity index (χ4n) is 5.42. The maximum absolute atomic E-state index is 14.2. The van der Waals surface area contributed by atoms with Crippen molar-refractivity contribution in [2.45, 2.75) is 32.2 Å². The Labute approximate surface area is 263 Å². The Balaban J connectivity index is 1.47. The van der Waals surface area contributed by atoms with Crippen LogP contribution in [0.3, 0.4) is 0 Å². The molecule has 6 rings (SSSR count). The number of anilines is 1. The number of para-hydroxylation sites is 1. The monoisotopic (exact) mass is 628 g/mol. The van der Waals surface area contributed by atoms with E-state index in [1.807, 2.05) is 6.07 Å². The topological polar surface area (TPSA) is 121 Å². The first kappa shape index (κ1) is 30.0. The van der Waals surface area contributed by atoms with Crippen molar-refractivity contribution in [3.05, 3.63) is 83.3 Å². The van der Waals surface area contributed by atoms with Crippen LogP contribution in [-0.2, 0) is 4.79 Å².